The molecule has 0 bridgehead atoms. The summed E-state index contributed by atoms with van der Waals surface area (Å²) in [5.74, 6) is 0.570. The van der Waals surface area contributed by atoms with Crippen LogP contribution in [-0.4, -0.2) is 73.9 Å². The van der Waals surface area contributed by atoms with E-state index < -0.39 is 5.82 Å². The van der Waals surface area contributed by atoms with Crippen LogP contribution in [-0.2, 0) is 11.3 Å². The highest BCUT2D eigenvalue weighted by atomic mass is 127. The molecule has 2 heterocycles. The third-order valence-corrected chi connectivity index (χ3v) is 4.88. The zero-order chi connectivity index (χ0) is 17.6. The van der Waals surface area contributed by atoms with Gasteiger partial charge in [-0.25, -0.2) is 4.39 Å². The predicted molar refractivity (Wildman–Crippen MR) is 111 cm³/mol. The van der Waals surface area contributed by atoms with E-state index in [1.165, 1.54) is 12.1 Å². The number of phenolic OH excluding ortho intramolecular Hbond substituents is 1. The average molecular weight is 478 g/mol. The molecule has 0 aromatic heterocycles. The summed E-state index contributed by atoms with van der Waals surface area (Å²) in [6, 6.07) is 4.44. The number of rotatable bonds is 4. The van der Waals surface area contributed by atoms with Gasteiger partial charge in [-0.3, -0.25) is 9.89 Å². The van der Waals surface area contributed by atoms with Crippen LogP contribution < -0.4 is 5.32 Å². The molecule has 1 aromatic rings. The van der Waals surface area contributed by atoms with Gasteiger partial charge in [-0.1, -0.05) is 6.07 Å². The van der Waals surface area contributed by atoms with Crippen molar-refractivity contribution in [3.8, 4) is 5.75 Å². The lowest BCUT2D eigenvalue weighted by Gasteiger charge is -2.29. The second-order valence-electron chi connectivity index (χ2n) is 6.70. The number of likely N-dealkylation sites (tertiary alicyclic amines) is 1. The quantitative estimate of drug-likeness (QED) is 0.393. The largest absolute Gasteiger partial charge is 0.505 e. The summed E-state index contributed by atoms with van der Waals surface area (Å²) in [6.07, 6.45) is 1.16. The highest BCUT2D eigenvalue weighted by Gasteiger charge is 2.27. The van der Waals surface area contributed by atoms with Gasteiger partial charge in [0.25, 0.3) is 0 Å². The minimum Gasteiger partial charge on any atom is -0.505 e. The molecule has 2 fully saturated rings. The molecule has 146 valence electrons. The van der Waals surface area contributed by atoms with Crippen LogP contribution in [0.1, 0.15) is 12.0 Å². The molecule has 26 heavy (non-hydrogen) atoms. The maximum Gasteiger partial charge on any atom is 0.193 e. The maximum absolute atomic E-state index is 13.4. The van der Waals surface area contributed by atoms with E-state index >= 15 is 0 Å². The second-order valence-corrected chi connectivity index (χ2v) is 6.70. The van der Waals surface area contributed by atoms with E-state index in [4.69, 9.17) is 4.74 Å². The van der Waals surface area contributed by atoms with Crippen LogP contribution in [0.25, 0.3) is 0 Å². The molecular weight excluding hydrogens is 450 g/mol. The Morgan fingerprint density at radius 1 is 1.35 bits per heavy atom. The Morgan fingerprint density at radius 2 is 2.12 bits per heavy atom. The summed E-state index contributed by atoms with van der Waals surface area (Å²) in [5.41, 5.74) is 0.778. The molecule has 1 atom stereocenters. The number of ether oxygens (including phenoxy) is 1. The monoisotopic (exact) mass is 478 g/mol. The van der Waals surface area contributed by atoms with E-state index in [0.29, 0.717) is 12.5 Å². The summed E-state index contributed by atoms with van der Waals surface area (Å²) >= 11 is 0. The van der Waals surface area contributed by atoms with Crippen molar-refractivity contribution in [3.63, 3.8) is 0 Å². The van der Waals surface area contributed by atoms with Gasteiger partial charge >= 0.3 is 0 Å². The van der Waals surface area contributed by atoms with Gasteiger partial charge in [0.2, 0.25) is 0 Å². The molecule has 2 N–H and O–H groups in total. The number of hydrogen-bond donors (Lipinski definition) is 2. The van der Waals surface area contributed by atoms with Crippen LogP contribution in [0.2, 0.25) is 0 Å². The summed E-state index contributed by atoms with van der Waals surface area (Å²) in [6.45, 7) is 7.28. The van der Waals surface area contributed by atoms with Crippen molar-refractivity contribution < 1.29 is 14.2 Å². The number of morpholine rings is 1. The molecule has 2 aliphatic rings. The zero-order valence-electron chi connectivity index (χ0n) is 15.2. The smallest absolute Gasteiger partial charge is 0.193 e. The molecule has 0 amide bonds. The van der Waals surface area contributed by atoms with Gasteiger partial charge in [0.1, 0.15) is 0 Å². The summed E-state index contributed by atoms with van der Waals surface area (Å²) in [4.78, 5) is 9.11. The molecule has 0 radical (unpaired) electrons. The topological polar surface area (TPSA) is 60.3 Å². The van der Waals surface area contributed by atoms with Crippen LogP contribution in [0.5, 0.6) is 5.75 Å². The van der Waals surface area contributed by atoms with Crippen LogP contribution in [0, 0.1) is 11.7 Å². The summed E-state index contributed by atoms with van der Waals surface area (Å²) < 4.78 is 18.8. The minimum atomic E-state index is -0.596. The van der Waals surface area contributed by atoms with Crippen LogP contribution in [0.4, 0.5) is 4.39 Å². The lowest BCUT2D eigenvalue weighted by atomic mass is 10.1. The predicted octanol–water partition coefficient (Wildman–Crippen LogP) is 1.88. The van der Waals surface area contributed by atoms with E-state index in [1.54, 1.807) is 13.1 Å². The van der Waals surface area contributed by atoms with Gasteiger partial charge in [0.15, 0.2) is 17.5 Å². The fraction of sp³-hybridized carbons (Fsp3) is 0.611. The van der Waals surface area contributed by atoms with Crippen molar-refractivity contribution in [3.05, 3.63) is 29.6 Å². The average Bonchev–Trinajstić information content (AvgIpc) is 3.08. The number of aromatic hydroxyl groups is 1. The summed E-state index contributed by atoms with van der Waals surface area (Å²) in [7, 11) is 1.77. The molecular formula is C18H28FIN4O2. The molecule has 6 nitrogen and oxygen atoms in total. The van der Waals surface area contributed by atoms with Crippen LogP contribution in [0.3, 0.4) is 0 Å². The normalized spacial score (nSPS) is 21.5. The maximum atomic E-state index is 13.4. The highest BCUT2D eigenvalue weighted by molar-refractivity contribution is 14.0. The van der Waals surface area contributed by atoms with Gasteiger partial charge in [-0.15, -0.1) is 24.0 Å². The molecule has 1 unspecified atom stereocenters. The third-order valence-electron chi connectivity index (χ3n) is 4.88. The third kappa shape index (κ3) is 5.68. The first-order valence-electron chi connectivity index (χ1n) is 8.89. The first kappa shape index (κ1) is 21.2. The van der Waals surface area contributed by atoms with Gasteiger partial charge in [-0.05, 0) is 30.0 Å². The number of halogens is 2. The van der Waals surface area contributed by atoms with Crippen molar-refractivity contribution in [2.75, 3.05) is 53.0 Å². The molecule has 1 aromatic carbocycles. The lowest BCUT2D eigenvalue weighted by molar-refractivity contribution is 0.0315. The Hall–Kier alpha value is -1.13. The van der Waals surface area contributed by atoms with Crippen LogP contribution in [0.15, 0.2) is 23.2 Å². The molecule has 0 aliphatic carbocycles. The Bertz CT molecular complexity index is 611. The van der Waals surface area contributed by atoms with E-state index in [1.807, 2.05) is 0 Å². The fourth-order valence-corrected chi connectivity index (χ4v) is 3.50. The van der Waals surface area contributed by atoms with E-state index in [0.717, 1.165) is 63.9 Å². The molecule has 2 saturated heterocycles. The lowest BCUT2D eigenvalue weighted by Crippen LogP contribution is -2.42. The van der Waals surface area contributed by atoms with Crippen molar-refractivity contribution in [2.45, 2.75) is 13.0 Å². The van der Waals surface area contributed by atoms with Gasteiger partial charge < -0.3 is 20.1 Å². The van der Waals surface area contributed by atoms with E-state index in [-0.39, 0.29) is 29.7 Å². The number of nitrogens with zero attached hydrogens (tertiary/aromatic N) is 3. The van der Waals surface area contributed by atoms with Crippen molar-refractivity contribution in [1.29, 1.82) is 0 Å². The first-order chi connectivity index (χ1) is 12.2. The zero-order valence-corrected chi connectivity index (χ0v) is 17.5. The van der Waals surface area contributed by atoms with E-state index in [9.17, 15) is 9.50 Å². The van der Waals surface area contributed by atoms with Gasteiger partial charge in [0.05, 0.1) is 13.2 Å². The standard InChI is InChI=1S/C18H27FN4O2.HI/c1-20-18(21-11-14-2-3-17(24)16(19)10-14)23-5-4-15(13-23)12-22-6-8-25-9-7-22;/h2-3,10,15,24H,4-9,11-13H2,1H3,(H,20,21);1H. The number of aliphatic imine (C=N–C) groups is 1. The summed E-state index contributed by atoms with van der Waals surface area (Å²) in [5, 5.41) is 12.6. The SMILES string of the molecule is CN=C(NCc1ccc(O)c(F)c1)N1CCC(CN2CCOCC2)C1.I. The Morgan fingerprint density at radius 3 is 2.81 bits per heavy atom. The number of guanidine groups is 1. The van der Waals surface area contributed by atoms with Gasteiger partial charge in [0, 0.05) is 46.3 Å². The van der Waals surface area contributed by atoms with E-state index in [2.05, 4.69) is 20.1 Å². The van der Waals surface area contributed by atoms with Crippen molar-refractivity contribution in [1.82, 2.24) is 15.1 Å². The molecule has 3 rings (SSSR count). The van der Waals surface area contributed by atoms with Crippen molar-refractivity contribution >= 4 is 29.9 Å². The second kappa shape index (κ2) is 10.3. The fourth-order valence-electron chi connectivity index (χ4n) is 3.50. The van der Waals surface area contributed by atoms with Gasteiger partial charge in [-0.2, -0.15) is 0 Å². The highest BCUT2D eigenvalue weighted by Crippen LogP contribution is 2.19. The number of hydrogen-bond acceptors (Lipinski definition) is 4. The minimum absolute atomic E-state index is 0. The van der Waals surface area contributed by atoms with Crippen LogP contribution >= 0.6 is 24.0 Å². The number of benzene rings is 1. The molecule has 2 aliphatic heterocycles. The first-order valence-corrected chi connectivity index (χ1v) is 8.89. The number of nitrogens with one attached hydrogen (secondary N) is 1. The molecule has 0 saturated carbocycles. The van der Waals surface area contributed by atoms with Crippen molar-refractivity contribution in [2.24, 2.45) is 10.9 Å². The number of phenols is 1. The molecule has 0 spiro atoms. The molecule has 8 heteroatoms. The Labute approximate surface area is 171 Å². The Balaban J connectivity index is 0.00000243. The Kier molecular flexibility index (Phi) is 8.36.